The summed E-state index contributed by atoms with van der Waals surface area (Å²) in [6.45, 7) is 0. The number of methoxy groups -OCH3 is 1. The molecule has 4 rings (SSSR count). The van der Waals surface area contributed by atoms with Crippen LogP contribution in [0.4, 0.5) is 13.2 Å². The zero-order valence-electron chi connectivity index (χ0n) is 14.0. The highest BCUT2D eigenvalue weighted by Gasteiger charge is 2.34. The fourth-order valence-electron chi connectivity index (χ4n) is 3.02. The zero-order valence-corrected chi connectivity index (χ0v) is 14.0. The largest absolute Gasteiger partial charge is 0.481 e. The van der Waals surface area contributed by atoms with Gasteiger partial charge in [0.25, 0.3) is 5.56 Å². The number of fused-ring (bicyclic) bond motifs is 2. The molecule has 0 amide bonds. The van der Waals surface area contributed by atoms with Gasteiger partial charge in [0.05, 0.1) is 25.2 Å². The minimum absolute atomic E-state index is 0.181. The highest BCUT2D eigenvalue weighted by molar-refractivity contribution is 5.89. The van der Waals surface area contributed by atoms with Crippen LogP contribution in [-0.4, -0.2) is 21.3 Å². The monoisotopic (exact) mass is 371 g/mol. The van der Waals surface area contributed by atoms with E-state index in [1.807, 2.05) is 0 Å². The molecule has 0 N–H and O–H groups in total. The van der Waals surface area contributed by atoms with E-state index in [9.17, 15) is 18.0 Å². The number of rotatable bonds is 2. The van der Waals surface area contributed by atoms with Crippen molar-refractivity contribution in [1.82, 2.24) is 14.2 Å². The summed E-state index contributed by atoms with van der Waals surface area (Å²) in [5.74, 6) is 0.181. The molecule has 3 heterocycles. The molecule has 0 saturated carbocycles. The first-order valence-corrected chi connectivity index (χ1v) is 7.85. The van der Waals surface area contributed by atoms with Crippen LogP contribution in [0, 0.1) is 7.05 Å². The van der Waals surface area contributed by atoms with Gasteiger partial charge in [-0.05, 0) is 41.3 Å². The van der Waals surface area contributed by atoms with Gasteiger partial charge < -0.3 is 9.30 Å². The lowest BCUT2D eigenvalue weighted by Crippen LogP contribution is -2.13. The van der Waals surface area contributed by atoms with Crippen molar-refractivity contribution in [2.75, 3.05) is 7.11 Å². The summed E-state index contributed by atoms with van der Waals surface area (Å²) in [6.07, 6.45) is -4.58. The van der Waals surface area contributed by atoms with Crippen LogP contribution in [0.5, 0.6) is 5.88 Å². The molecule has 4 aromatic rings. The Balaban J connectivity index is 1.98. The minimum atomic E-state index is -4.58. The molecule has 0 spiro atoms. The Morgan fingerprint density at radius 3 is 2.52 bits per heavy atom. The predicted octanol–water partition coefficient (Wildman–Crippen LogP) is 3.86. The Hall–Kier alpha value is -3.29. The summed E-state index contributed by atoms with van der Waals surface area (Å²) < 4.78 is 46.6. The lowest BCUT2D eigenvalue weighted by Gasteiger charge is -2.10. The Labute approximate surface area is 151 Å². The molecule has 0 fully saturated rings. The lowest BCUT2D eigenvalue weighted by molar-refractivity contribution is -0.141. The molecule has 0 unspecified atom stereocenters. The van der Waals surface area contributed by atoms with Crippen LogP contribution in [0.25, 0.3) is 27.5 Å². The number of pyridine rings is 2. The van der Waals surface area contributed by atoms with Gasteiger partial charge in [-0.25, -0.2) is 0 Å². The van der Waals surface area contributed by atoms with E-state index in [2.05, 4.69) is 5.10 Å². The van der Waals surface area contributed by atoms with Gasteiger partial charge in [0, 0.05) is 17.7 Å². The van der Waals surface area contributed by atoms with Crippen LogP contribution >= 0.6 is 0 Å². The Morgan fingerprint density at radius 1 is 1.04 bits per heavy atom. The Bertz CT molecular complexity index is 1240. The molecule has 0 aliphatic heterocycles. The van der Waals surface area contributed by atoms with Crippen molar-refractivity contribution in [2.45, 2.75) is 6.18 Å². The molecule has 1 aromatic carbocycles. The quantitative estimate of drug-likeness (QED) is 0.538. The Morgan fingerprint density at radius 2 is 1.81 bits per heavy atom. The fourth-order valence-corrected chi connectivity index (χ4v) is 3.02. The normalized spacial score (nSPS) is 12.0. The van der Waals surface area contributed by atoms with Crippen LogP contribution in [0.1, 0.15) is 5.69 Å². The van der Waals surface area contributed by atoms with E-state index in [0.717, 1.165) is 15.1 Å². The Kier molecular flexibility index (Phi) is 3.73. The standard InChI is InChI=1S/C19H12F3N3O2/c1-24-14-6-3-11(9-12(14)4-7-17(24)26)13-5-8-18(27-2)25-15(13)10-16(23-25)19(20,21)22/h1,3-10H,2H3. The van der Waals surface area contributed by atoms with Gasteiger partial charge in [-0.3, -0.25) is 4.79 Å². The highest BCUT2D eigenvalue weighted by Crippen LogP contribution is 2.35. The van der Waals surface area contributed by atoms with Crippen molar-refractivity contribution in [2.24, 2.45) is 0 Å². The number of hydrogen-bond donors (Lipinski definition) is 0. The van der Waals surface area contributed by atoms with Crippen molar-refractivity contribution >= 4 is 16.4 Å². The van der Waals surface area contributed by atoms with E-state index in [1.54, 1.807) is 36.4 Å². The number of hydrogen-bond acceptors (Lipinski definition) is 3. The van der Waals surface area contributed by atoms with E-state index in [1.165, 1.54) is 13.2 Å². The van der Waals surface area contributed by atoms with E-state index in [0.29, 0.717) is 22.0 Å². The van der Waals surface area contributed by atoms with Crippen molar-refractivity contribution < 1.29 is 17.9 Å². The maximum absolute atomic E-state index is 13.1. The van der Waals surface area contributed by atoms with E-state index >= 15 is 0 Å². The summed E-state index contributed by atoms with van der Waals surface area (Å²) in [4.78, 5) is 11.6. The van der Waals surface area contributed by atoms with Gasteiger partial charge in [0.15, 0.2) is 5.69 Å². The second kappa shape index (κ2) is 5.87. The van der Waals surface area contributed by atoms with Gasteiger partial charge in [-0.1, -0.05) is 6.07 Å². The van der Waals surface area contributed by atoms with Gasteiger partial charge in [0.2, 0.25) is 5.88 Å². The molecule has 8 heteroatoms. The molecule has 2 radical (unpaired) electrons. The van der Waals surface area contributed by atoms with Crippen molar-refractivity contribution in [1.29, 1.82) is 0 Å². The average Bonchev–Trinajstić information content (AvgIpc) is 3.09. The number of alkyl halides is 3. The summed E-state index contributed by atoms with van der Waals surface area (Å²) in [7, 11) is 7.10. The van der Waals surface area contributed by atoms with Crippen molar-refractivity contribution in [3.63, 3.8) is 0 Å². The molecule has 0 bridgehead atoms. The second-order valence-electron chi connectivity index (χ2n) is 5.93. The summed E-state index contributed by atoms with van der Waals surface area (Å²) in [5.41, 5.74) is 0.595. The minimum Gasteiger partial charge on any atom is -0.481 e. The van der Waals surface area contributed by atoms with Gasteiger partial charge in [0.1, 0.15) is 0 Å². The van der Waals surface area contributed by atoms with Crippen LogP contribution in [0.2, 0.25) is 0 Å². The third-order valence-electron chi connectivity index (χ3n) is 4.33. The third-order valence-corrected chi connectivity index (χ3v) is 4.33. The lowest BCUT2D eigenvalue weighted by atomic mass is 10.0. The molecule has 136 valence electrons. The first-order chi connectivity index (χ1) is 12.8. The number of benzene rings is 1. The van der Waals surface area contributed by atoms with E-state index in [4.69, 9.17) is 11.8 Å². The molecule has 0 atom stereocenters. The predicted molar refractivity (Wildman–Crippen MR) is 93.6 cm³/mol. The first kappa shape index (κ1) is 17.1. The summed E-state index contributed by atoms with van der Waals surface area (Å²) >= 11 is 0. The SMILES string of the molecule is [CH]n1c(=O)ccc2cc(-c3ccc(OC)n4nc(C(F)(F)F)cc34)ccc21. The van der Waals surface area contributed by atoms with Crippen LogP contribution in [0.15, 0.2) is 53.3 Å². The van der Waals surface area contributed by atoms with Gasteiger partial charge >= 0.3 is 6.18 Å². The number of halogens is 3. The molecular weight excluding hydrogens is 359 g/mol. The third kappa shape index (κ3) is 2.73. The summed E-state index contributed by atoms with van der Waals surface area (Å²) in [6, 6.07) is 12.2. The molecule has 0 aliphatic carbocycles. The van der Waals surface area contributed by atoms with Crippen LogP contribution < -0.4 is 10.3 Å². The first-order valence-electron chi connectivity index (χ1n) is 7.85. The van der Waals surface area contributed by atoms with Crippen molar-refractivity contribution in [3.05, 3.63) is 71.6 Å². The smallest absolute Gasteiger partial charge is 0.435 e. The van der Waals surface area contributed by atoms with E-state index < -0.39 is 11.9 Å². The fraction of sp³-hybridized carbons (Fsp3) is 0.105. The average molecular weight is 371 g/mol. The number of nitrogens with zero attached hydrogens (tertiary/aromatic N) is 3. The van der Waals surface area contributed by atoms with Crippen LogP contribution in [0.3, 0.4) is 0 Å². The number of aromatic nitrogens is 3. The highest BCUT2D eigenvalue weighted by atomic mass is 19.4. The van der Waals surface area contributed by atoms with Crippen molar-refractivity contribution in [3.8, 4) is 17.0 Å². The second-order valence-corrected chi connectivity index (χ2v) is 5.93. The van der Waals surface area contributed by atoms with Gasteiger partial charge in [-0.15, -0.1) is 0 Å². The van der Waals surface area contributed by atoms with Gasteiger partial charge in [-0.2, -0.15) is 22.8 Å². The van der Waals surface area contributed by atoms with E-state index in [-0.39, 0.29) is 17.0 Å². The maximum atomic E-state index is 13.1. The number of ether oxygens (including phenoxy) is 1. The molecule has 0 aliphatic rings. The summed E-state index contributed by atoms with van der Waals surface area (Å²) in [5, 5.41) is 4.31. The zero-order chi connectivity index (χ0) is 19.3. The topological polar surface area (TPSA) is 48.5 Å². The van der Waals surface area contributed by atoms with Crippen LogP contribution in [-0.2, 0) is 6.18 Å². The molecule has 27 heavy (non-hydrogen) atoms. The molecule has 0 saturated heterocycles. The molecule has 5 nitrogen and oxygen atoms in total. The maximum Gasteiger partial charge on any atom is 0.435 e. The molecule has 3 aromatic heterocycles. The molecular formula is C19H12F3N3O2.